The first-order valence-electron chi connectivity index (χ1n) is 10.5. The molecule has 0 aromatic carbocycles. The van der Waals surface area contributed by atoms with E-state index in [1.165, 1.54) is 17.7 Å². The molecular formula is C21H28N4O2S. The third-order valence-corrected chi connectivity index (χ3v) is 7.39. The Bertz CT molecular complexity index is 810. The Hall–Kier alpha value is -1.70. The van der Waals surface area contributed by atoms with Gasteiger partial charge in [-0.25, -0.2) is 4.98 Å². The van der Waals surface area contributed by atoms with Gasteiger partial charge in [0.1, 0.15) is 5.82 Å². The van der Waals surface area contributed by atoms with Crippen LogP contribution in [0.3, 0.4) is 0 Å². The first kappa shape index (κ1) is 18.3. The number of nitrogens with zero attached hydrogens (tertiary/aromatic N) is 2. The van der Waals surface area contributed by atoms with Crippen LogP contribution in [0, 0.1) is 5.92 Å². The summed E-state index contributed by atoms with van der Waals surface area (Å²) in [6.45, 7) is 2.42. The zero-order valence-corrected chi connectivity index (χ0v) is 16.8. The number of carbonyl (C=O) groups excluding carboxylic acids is 1. The summed E-state index contributed by atoms with van der Waals surface area (Å²) in [5.74, 6) is 1.24. The summed E-state index contributed by atoms with van der Waals surface area (Å²) in [5.41, 5.74) is 0.967. The average molecular weight is 401 g/mol. The number of H-pyrrole nitrogens is 1. The van der Waals surface area contributed by atoms with Crippen LogP contribution >= 0.6 is 11.3 Å². The number of carbonyl (C=O) groups is 1. The Labute approximate surface area is 169 Å². The molecule has 5 rings (SSSR count). The maximum absolute atomic E-state index is 13.1. The van der Waals surface area contributed by atoms with Gasteiger partial charge in [-0.1, -0.05) is 6.07 Å². The lowest BCUT2D eigenvalue weighted by Gasteiger charge is -2.24. The minimum atomic E-state index is -0.679. The van der Waals surface area contributed by atoms with Crippen LogP contribution < -0.4 is 5.32 Å². The largest absolute Gasteiger partial charge is 0.392 e. The van der Waals surface area contributed by atoms with Crippen molar-refractivity contribution in [2.45, 2.75) is 62.6 Å². The minimum Gasteiger partial charge on any atom is -0.392 e. The van der Waals surface area contributed by atoms with Crippen LogP contribution in [0.2, 0.25) is 0 Å². The summed E-state index contributed by atoms with van der Waals surface area (Å²) < 4.78 is 0. The van der Waals surface area contributed by atoms with Gasteiger partial charge < -0.3 is 20.3 Å². The van der Waals surface area contributed by atoms with E-state index in [-0.39, 0.29) is 23.8 Å². The van der Waals surface area contributed by atoms with Crippen molar-refractivity contribution in [1.29, 1.82) is 0 Å². The molecule has 2 aliphatic carbocycles. The molecule has 3 N–H and O–H groups in total. The number of thiophene rings is 1. The van der Waals surface area contributed by atoms with E-state index in [0.717, 1.165) is 44.0 Å². The number of imidazole rings is 1. The van der Waals surface area contributed by atoms with Gasteiger partial charge in [0.25, 0.3) is 0 Å². The number of aliphatic hydroxyl groups excluding tert-OH is 1. The SMILES string of the molecule is O=C([C@H]1C[C@@H](NCc2cccs2)[C@H](c2cnc(C3CC3)[nH]2)[C@@H]1O)N1CCCC1. The minimum absolute atomic E-state index is 0.0566. The number of aromatic amines is 1. The third-order valence-electron chi connectivity index (χ3n) is 6.51. The molecule has 1 amide bonds. The van der Waals surface area contributed by atoms with E-state index in [1.807, 2.05) is 11.1 Å². The number of hydrogen-bond acceptors (Lipinski definition) is 5. The highest BCUT2D eigenvalue weighted by atomic mass is 32.1. The van der Waals surface area contributed by atoms with Crippen LogP contribution in [-0.2, 0) is 11.3 Å². The predicted octanol–water partition coefficient (Wildman–Crippen LogP) is 2.59. The molecule has 0 bridgehead atoms. The zero-order chi connectivity index (χ0) is 19.1. The number of aliphatic hydroxyl groups is 1. The van der Waals surface area contributed by atoms with Crippen molar-refractivity contribution in [3.05, 3.63) is 40.1 Å². The van der Waals surface area contributed by atoms with Gasteiger partial charge in [0.15, 0.2) is 0 Å². The molecule has 1 saturated heterocycles. The lowest BCUT2D eigenvalue weighted by molar-refractivity contribution is -0.137. The van der Waals surface area contributed by atoms with E-state index in [4.69, 9.17) is 0 Å². The second-order valence-corrected chi connectivity index (χ2v) is 9.49. The van der Waals surface area contributed by atoms with Crippen LogP contribution in [0.4, 0.5) is 0 Å². The monoisotopic (exact) mass is 400 g/mol. The van der Waals surface area contributed by atoms with Crippen molar-refractivity contribution in [2.75, 3.05) is 13.1 Å². The number of rotatable bonds is 6. The molecule has 2 saturated carbocycles. The molecule has 2 aromatic rings. The Morgan fingerprint density at radius 2 is 2.18 bits per heavy atom. The zero-order valence-electron chi connectivity index (χ0n) is 16.0. The molecule has 0 radical (unpaired) electrons. The van der Waals surface area contributed by atoms with Gasteiger partial charge in [0.05, 0.1) is 12.0 Å². The summed E-state index contributed by atoms with van der Waals surface area (Å²) in [4.78, 5) is 24.3. The fraction of sp³-hybridized carbons (Fsp3) is 0.619. The number of aromatic nitrogens is 2. The Morgan fingerprint density at radius 3 is 2.89 bits per heavy atom. The van der Waals surface area contributed by atoms with Gasteiger partial charge in [-0.05, 0) is 43.6 Å². The lowest BCUT2D eigenvalue weighted by Crippen LogP contribution is -2.38. The fourth-order valence-electron chi connectivity index (χ4n) is 4.81. The molecule has 6 nitrogen and oxygen atoms in total. The highest BCUT2D eigenvalue weighted by Crippen LogP contribution is 2.42. The van der Waals surface area contributed by atoms with E-state index >= 15 is 0 Å². The maximum Gasteiger partial charge on any atom is 0.228 e. The molecular weight excluding hydrogens is 372 g/mol. The summed E-state index contributed by atoms with van der Waals surface area (Å²) in [6, 6.07) is 4.23. The second-order valence-electron chi connectivity index (χ2n) is 8.46. The van der Waals surface area contributed by atoms with Gasteiger partial charge in [-0.3, -0.25) is 4.79 Å². The summed E-state index contributed by atoms with van der Waals surface area (Å²) >= 11 is 1.73. The van der Waals surface area contributed by atoms with Gasteiger partial charge in [-0.15, -0.1) is 11.3 Å². The molecule has 0 spiro atoms. The predicted molar refractivity (Wildman–Crippen MR) is 108 cm³/mol. The van der Waals surface area contributed by atoms with Gasteiger partial charge in [0, 0.05) is 54.3 Å². The Balaban J connectivity index is 1.37. The van der Waals surface area contributed by atoms with Crippen LogP contribution in [0.1, 0.15) is 60.3 Å². The molecule has 3 heterocycles. The molecule has 3 fully saturated rings. The van der Waals surface area contributed by atoms with Crippen LogP contribution in [0.15, 0.2) is 23.7 Å². The van der Waals surface area contributed by atoms with Crippen molar-refractivity contribution in [1.82, 2.24) is 20.2 Å². The molecule has 1 aliphatic heterocycles. The van der Waals surface area contributed by atoms with E-state index in [1.54, 1.807) is 11.3 Å². The maximum atomic E-state index is 13.1. The second kappa shape index (κ2) is 7.61. The van der Waals surface area contributed by atoms with Crippen LogP contribution in [-0.4, -0.2) is 51.1 Å². The normalized spacial score (nSPS) is 30.2. The van der Waals surface area contributed by atoms with E-state index < -0.39 is 6.10 Å². The summed E-state index contributed by atoms with van der Waals surface area (Å²) in [5, 5.41) is 16.9. The summed E-state index contributed by atoms with van der Waals surface area (Å²) in [6.07, 6.45) is 6.40. The number of hydrogen-bond donors (Lipinski definition) is 3. The topological polar surface area (TPSA) is 81.2 Å². The van der Waals surface area contributed by atoms with Crippen molar-refractivity contribution >= 4 is 17.2 Å². The van der Waals surface area contributed by atoms with Gasteiger partial charge >= 0.3 is 0 Å². The van der Waals surface area contributed by atoms with E-state index in [0.29, 0.717) is 12.3 Å². The molecule has 28 heavy (non-hydrogen) atoms. The summed E-state index contributed by atoms with van der Waals surface area (Å²) in [7, 11) is 0. The van der Waals surface area contributed by atoms with Gasteiger partial charge in [0.2, 0.25) is 5.91 Å². The molecule has 2 aromatic heterocycles. The van der Waals surface area contributed by atoms with E-state index in [9.17, 15) is 9.90 Å². The quantitative estimate of drug-likeness (QED) is 0.696. The molecule has 150 valence electrons. The molecule has 3 aliphatic rings. The first-order chi connectivity index (χ1) is 13.7. The molecule has 4 atom stereocenters. The fourth-order valence-corrected chi connectivity index (χ4v) is 5.46. The van der Waals surface area contributed by atoms with Crippen molar-refractivity contribution in [3.8, 4) is 0 Å². The van der Waals surface area contributed by atoms with E-state index in [2.05, 4.69) is 32.8 Å². The smallest absolute Gasteiger partial charge is 0.228 e. The standard InChI is InChI=1S/C21H28N4O2S/c26-19-15(21(27)25-7-1-2-8-25)10-16(22-11-14-4-3-9-28-14)18(19)17-12-23-20(24-17)13-5-6-13/h3-4,9,12-13,15-16,18-19,22,26H,1-2,5-8,10-11H2,(H,23,24)/t15-,16+,18+,19+/m0/s1. The highest BCUT2D eigenvalue weighted by molar-refractivity contribution is 7.09. The van der Waals surface area contributed by atoms with Crippen molar-refractivity contribution in [2.24, 2.45) is 5.92 Å². The third kappa shape index (κ3) is 3.51. The number of nitrogens with one attached hydrogen (secondary N) is 2. The van der Waals surface area contributed by atoms with Crippen LogP contribution in [0.5, 0.6) is 0 Å². The van der Waals surface area contributed by atoms with Crippen LogP contribution in [0.25, 0.3) is 0 Å². The molecule has 0 unspecified atom stereocenters. The van der Waals surface area contributed by atoms with Crippen molar-refractivity contribution < 1.29 is 9.90 Å². The Kier molecular flexibility index (Phi) is 4.99. The lowest BCUT2D eigenvalue weighted by atomic mass is 9.96. The molecule has 7 heteroatoms. The number of amides is 1. The first-order valence-corrected chi connectivity index (χ1v) is 11.4. The van der Waals surface area contributed by atoms with Gasteiger partial charge in [-0.2, -0.15) is 0 Å². The highest BCUT2D eigenvalue weighted by Gasteiger charge is 2.48. The Morgan fingerprint density at radius 1 is 1.36 bits per heavy atom. The van der Waals surface area contributed by atoms with Crippen molar-refractivity contribution in [3.63, 3.8) is 0 Å². The number of likely N-dealkylation sites (tertiary alicyclic amines) is 1. The average Bonchev–Trinajstić information content (AvgIpc) is 3.17.